The van der Waals surface area contributed by atoms with E-state index in [1.165, 1.54) is 7.11 Å². The summed E-state index contributed by atoms with van der Waals surface area (Å²) in [6, 6.07) is 2.02. The summed E-state index contributed by atoms with van der Waals surface area (Å²) < 4.78 is 6.63. The largest absolute Gasteiger partial charge is 0.469 e. The molecule has 1 unspecified atom stereocenters. The number of piperidine rings is 1. The van der Waals surface area contributed by atoms with Crippen LogP contribution in [0.5, 0.6) is 0 Å². The molecule has 1 fully saturated rings. The lowest BCUT2D eigenvalue weighted by Crippen LogP contribution is -2.49. The van der Waals surface area contributed by atoms with E-state index >= 15 is 0 Å². The fraction of sp³-hybridized carbons (Fsp3) is 0.706. The number of carbonyl (C=O) groups is 2. The predicted octanol–water partition coefficient (Wildman–Crippen LogP) is 1.66. The molecule has 134 valence electrons. The zero-order chi connectivity index (χ0) is 17.6. The monoisotopic (exact) mass is 336 g/mol. The molecule has 1 saturated heterocycles. The van der Waals surface area contributed by atoms with Crippen LogP contribution >= 0.6 is 0 Å². The number of ether oxygens (including phenoxy) is 1. The standard InChI is InChI=1S/C17H28N4O3/c1-4-17(5-2,11-15(22)24-3)19-16(23)14-8-10-21(20-14)13-7-6-9-18-12-13/h8,10,13,18H,4-7,9,11-12H2,1-3H3,(H,19,23). The average molecular weight is 336 g/mol. The summed E-state index contributed by atoms with van der Waals surface area (Å²) in [7, 11) is 1.36. The molecule has 7 heteroatoms. The maximum atomic E-state index is 12.6. The first-order valence-corrected chi connectivity index (χ1v) is 8.68. The molecular formula is C17H28N4O3. The van der Waals surface area contributed by atoms with Crippen LogP contribution in [0.2, 0.25) is 0 Å². The van der Waals surface area contributed by atoms with Gasteiger partial charge in [0, 0.05) is 12.7 Å². The quantitative estimate of drug-likeness (QED) is 0.740. The molecule has 0 bridgehead atoms. The van der Waals surface area contributed by atoms with Crippen LogP contribution in [0.25, 0.3) is 0 Å². The minimum atomic E-state index is -0.597. The lowest BCUT2D eigenvalue weighted by atomic mass is 9.88. The van der Waals surface area contributed by atoms with Crippen molar-refractivity contribution < 1.29 is 14.3 Å². The van der Waals surface area contributed by atoms with Crippen molar-refractivity contribution in [3.63, 3.8) is 0 Å². The normalized spacial score (nSPS) is 18.2. The van der Waals surface area contributed by atoms with E-state index in [4.69, 9.17) is 4.74 Å². The number of esters is 1. The van der Waals surface area contributed by atoms with Gasteiger partial charge in [0.05, 0.1) is 25.1 Å². The number of aromatic nitrogens is 2. The Kier molecular flexibility index (Phi) is 6.36. The third kappa shape index (κ3) is 4.35. The fourth-order valence-corrected chi connectivity index (χ4v) is 3.10. The van der Waals surface area contributed by atoms with E-state index in [0.29, 0.717) is 18.5 Å². The van der Waals surface area contributed by atoms with Gasteiger partial charge in [0.1, 0.15) is 5.69 Å². The summed E-state index contributed by atoms with van der Waals surface area (Å²) in [4.78, 5) is 24.3. The lowest BCUT2D eigenvalue weighted by Gasteiger charge is -2.31. The van der Waals surface area contributed by atoms with Gasteiger partial charge in [-0.05, 0) is 38.3 Å². The number of amides is 1. The van der Waals surface area contributed by atoms with Crippen LogP contribution in [0, 0.1) is 0 Å². The smallest absolute Gasteiger partial charge is 0.307 e. The van der Waals surface area contributed by atoms with Gasteiger partial charge in [-0.3, -0.25) is 14.3 Å². The number of carbonyl (C=O) groups excluding carboxylic acids is 2. The van der Waals surface area contributed by atoms with Crippen molar-refractivity contribution in [2.45, 2.75) is 57.5 Å². The zero-order valence-corrected chi connectivity index (χ0v) is 14.8. The van der Waals surface area contributed by atoms with Crippen LogP contribution in [0.4, 0.5) is 0 Å². The molecule has 1 atom stereocenters. The number of nitrogens with one attached hydrogen (secondary N) is 2. The van der Waals surface area contributed by atoms with Crippen molar-refractivity contribution in [2.24, 2.45) is 0 Å². The highest BCUT2D eigenvalue weighted by molar-refractivity contribution is 5.93. The Labute approximate surface area is 143 Å². The van der Waals surface area contributed by atoms with E-state index in [-0.39, 0.29) is 24.3 Å². The highest BCUT2D eigenvalue weighted by Crippen LogP contribution is 2.22. The summed E-state index contributed by atoms with van der Waals surface area (Å²) in [5, 5.41) is 10.8. The highest BCUT2D eigenvalue weighted by Gasteiger charge is 2.32. The van der Waals surface area contributed by atoms with E-state index in [9.17, 15) is 9.59 Å². The fourth-order valence-electron chi connectivity index (χ4n) is 3.10. The molecule has 2 N–H and O–H groups in total. The first-order valence-electron chi connectivity index (χ1n) is 8.68. The van der Waals surface area contributed by atoms with Gasteiger partial charge in [0.15, 0.2) is 0 Å². The van der Waals surface area contributed by atoms with Crippen molar-refractivity contribution in [2.75, 3.05) is 20.2 Å². The van der Waals surface area contributed by atoms with Gasteiger partial charge in [-0.1, -0.05) is 13.8 Å². The van der Waals surface area contributed by atoms with E-state index in [0.717, 1.165) is 25.9 Å². The van der Waals surface area contributed by atoms with Crippen LogP contribution in [-0.2, 0) is 9.53 Å². The summed E-state index contributed by atoms with van der Waals surface area (Å²) in [5.41, 5.74) is -0.211. The van der Waals surface area contributed by atoms with E-state index in [1.807, 2.05) is 24.7 Å². The summed E-state index contributed by atoms with van der Waals surface area (Å²) in [6.45, 7) is 5.82. The van der Waals surface area contributed by atoms with E-state index in [1.54, 1.807) is 6.07 Å². The van der Waals surface area contributed by atoms with Crippen molar-refractivity contribution >= 4 is 11.9 Å². The summed E-state index contributed by atoms with van der Waals surface area (Å²) in [5.74, 6) is -0.567. The molecule has 2 rings (SSSR count). The molecule has 0 spiro atoms. The van der Waals surface area contributed by atoms with Crippen LogP contribution in [0.3, 0.4) is 0 Å². The minimum Gasteiger partial charge on any atom is -0.469 e. The molecule has 1 aliphatic heterocycles. The van der Waals surface area contributed by atoms with Crippen LogP contribution in [0.1, 0.15) is 62.5 Å². The number of rotatable bonds is 7. The molecule has 1 amide bonds. The van der Waals surface area contributed by atoms with Gasteiger partial charge >= 0.3 is 5.97 Å². The number of nitrogens with zero attached hydrogens (tertiary/aromatic N) is 2. The van der Waals surface area contributed by atoms with E-state index in [2.05, 4.69) is 15.7 Å². The van der Waals surface area contributed by atoms with Crippen LogP contribution in [0.15, 0.2) is 12.3 Å². The Balaban J connectivity index is 2.06. The zero-order valence-electron chi connectivity index (χ0n) is 14.8. The third-order valence-electron chi connectivity index (χ3n) is 4.93. The molecule has 1 aliphatic rings. The Bertz CT molecular complexity index is 560. The number of hydrogen-bond acceptors (Lipinski definition) is 5. The number of methoxy groups -OCH3 is 1. The lowest BCUT2D eigenvalue weighted by molar-refractivity contribution is -0.142. The van der Waals surface area contributed by atoms with Crippen LogP contribution < -0.4 is 10.6 Å². The molecular weight excluding hydrogens is 308 g/mol. The predicted molar refractivity (Wildman–Crippen MR) is 90.8 cm³/mol. The first-order chi connectivity index (χ1) is 11.5. The second kappa shape index (κ2) is 8.28. The van der Waals surface area contributed by atoms with Crippen molar-refractivity contribution in [1.82, 2.24) is 20.4 Å². The summed E-state index contributed by atoms with van der Waals surface area (Å²) >= 11 is 0. The maximum Gasteiger partial charge on any atom is 0.307 e. The average Bonchev–Trinajstić information content (AvgIpc) is 3.12. The van der Waals surface area contributed by atoms with Gasteiger partial charge in [-0.2, -0.15) is 5.10 Å². The Morgan fingerprint density at radius 2 is 2.21 bits per heavy atom. The van der Waals surface area contributed by atoms with Gasteiger partial charge in [0.25, 0.3) is 5.91 Å². The Hall–Kier alpha value is -1.89. The van der Waals surface area contributed by atoms with Crippen molar-refractivity contribution in [3.05, 3.63) is 18.0 Å². The molecule has 7 nitrogen and oxygen atoms in total. The second-order valence-corrected chi connectivity index (χ2v) is 6.38. The van der Waals surface area contributed by atoms with Gasteiger partial charge in [0.2, 0.25) is 0 Å². The van der Waals surface area contributed by atoms with Gasteiger partial charge in [-0.15, -0.1) is 0 Å². The van der Waals surface area contributed by atoms with Gasteiger partial charge < -0.3 is 15.4 Å². The maximum absolute atomic E-state index is 12.6. The van der Waals surface area contributed by atoms with Gasteiger partial charge in [-0.25, -0.2) is 0 Å². The van der Waals surface area contributed by atoms with E-state index < -0.39 is 5.54 Å². The molecule has 0 saturated carbocycles. The molecule has 2 heterocycles. The van der Waals surface area contributed by atoms with Crippen molar-refractivity contribution in [1.29, 1.82) is 0 Å². The first kappa shape index (κ1) is 18.4. The van der Waals surface area contributed by atoms with Crippen molar-refractivity contribution in [3.8, 4) is 0 Å². The molecule has 0 aliphatic carbocycles. The highest BCUT2D eigenvalue weighted by atomic mass is 16.5. The Morgan fingerprint density at radius 3 is 2.79 bits per heavy atom. The molecule has 0 aromatic carbocycles. The topological polar surface area (TPSA) is 85.2 Å². The molecule has 24 heavy (non-hydrogen) atoms. The molecule has 0 radical (unpaired) electrons. The number of hydrogen-bond donors (Lipinski definition) is 2. The summed E-state index contributed by atoms with van der Waals surface area (Å²) in [6.07, 6.45) is 5.49. The minimum absolute atomic E-state index is 0.162. The third-order valence-corrected chi connectivity index (χ3v) is 4.93. The van der Waals surface area contributed by atoms with Crippen LogP contribution in [-0.4, -0.2) is 47.4 Å². The molecule has 1 aromatic heterocycles. The SMILES string of the molecule is CCC(CC)(CC(=O)OC)NC(=O)c1ccn(C2CCCNC2)n1. The Morgan fingerprint density at radius 1 is 1.46 bits per heavy atom. The molecule has 1 aromatic rings. The second-order valence-electron chi connectivity index (χ2n) is 6.38.